The van der Waals surface area contributed by atoms with Crippen LogP contribution in [0.5, 0.6) is 0 Å². The van der Waals surface area contributed by atoms with Crippen molar-refractivity contribution in [1.82, 2.24) is 45.8 Å². The Kier molecular flexibility index (Phi) is 4.61. The van der Waals surface area contributed by atoms with Crippen LogP contribution in [0, 0.1) is 0 Å². The SMILES string of the molecule is C/C(=N\NC(=O)c1ccc(-n2cnnn2)cc1)c1cccc(-n2cnnn2)c1. The van der Waals surface area contributed by atoms with Crippen molar-refractivity contribution < 1.29 is 4.79 Å². The van der Waals surface area contributed by atoms with Crippen molar-refractivity contribution in [3.63, 3.8) is 0 Å². The molecule has 0 saturated heterocycles. The highest BCUT2D eigenvalue weighted by Crippen LogP contribution is 2.10. The van der Waals surface area contributed by atoms with Crippen molar-refractivity contribution in [2.24, 2.45) is 5.10 Å². The Balaban J connectivity index is 1.46. The van der Waals surface area contributed by atoms with Gasteiger partial charge in [0.25, 0.3) is 5.91 Å². The number of aromatic nitrogens is 8. The lowest BCUT2D eigenvalue weighted by atomic mass is 10.1. The minimum Gasteiger partial charge on any atom is -0.267 e. The summed E-state index contributed by atoms with van der Waals surface area (Å²) in [5.41, 5.74) is 6.05. The first-order valence-corrected chi connectivity index (χ1v) is 8.22. The lowest BCUT2D eigenvalue weighted by Gasteiger charge is -2.06. The van der Waals surface area contributed by atoms with E-state index in [1.165, 1.54) is 17.3 Å². The molecule has 0 aliphatic heterocycles. The van der Waals surface area contributed by atoms with Crippen molar-refractivity contribution in [3.8, 4) is 11.4 Å². The third kappa shape index (κ3) is 3.62. The number of amides is 1. The summed E-state index contributed by atoms with van der Waals surface area (Å²) in [6, 6.07) is 14.4. The number of tetrazole rings is 2. The standard InChI is InChI=1S/C17H14N10O/c1-12(14-3-2-4-16(9-14)27-11-19-23-25-27)20-21-17(28)13-5-7-15(8-6-13)26-10-18-22-24-26/h2-11H,1H3,(H,21,28)/b20-12+. The quantitative estimate of drug-likeness (QED) is 0.404. The van der Waals surface area contributed by atoms with Crippen molar-refractivity contribution in [2.75, 3.05) is 0 Å². The number of rotatable bonds is 5. The highest BCUT2D eigenvalue weighted by atomic mass is 16.2. The van der Waals surface area contributed by atoms with E-state index in [1.54, 1.807) is 35.9 Å². The Labute approximate surface area is 158 Å². The summed E-state index contributed by atoms with van der Waals surface area (Å²) in [5.74, 6) is -0.320. The summed E-state index contributed by atoms with van der Waals surface area (Å²) in [5, 5.41) is 26.2. The van der Waals surface area contributed by atoms with E-state index in [-0.39, 0.29) is 5.91 Å². The molecular weight excluding hydrogens is 360 g/mol. The molecule has 0 spiro atoms. The van der Waals surface area contributed by atoms with Crippen LogP contribution in [0.3, 0.4) is 0 Å². The maximum Gasteiger partial charge on any atom is 0.271 e. The van der Waals surface area contributed by atoms with Gasteiger partial charge >= 0.3 is 0 Å². The van der Waals surface area contributed by atoms with Gasteiger partial charge in [0.05, 0.1) is 17.1 Å². The molecule has 28 heavy (non-hydrogen) atoms. The van der Waals surface area contributed by atoms with Gasteiger partial charge in [-0.3, -0.25) is 4.79 Å². The molecule has 0 bridgehead atoms. The predicted octanol–water partition coefficient (Wildman–Crippen LogP) is 0.792. The zero-order valence-corrected chi connectivity index (χ0v) is 14.7. The van der Waals surface area contributed by atoms with Crippen molar-refractivity contribution in [2.45, 2.75) is 6.92 Å². The van der Waals surface area contributed by atoms with Crippen LogP contribution in [-0.4, -0.2) is 52.0 Å². The van der Waals surface area contributed by atoms with E-state index in [1.807, 2.05) is 24.3 Å². The molecular formula is C17H14N10O. The van der Waals surface area contributed by atoms with Gasteiger partial charge in [0, 0.05) is 5.56 Å². The summed E-state index contributed by atoms with van der Waals surface area (Å²) in [7, 11) is 0. The third-order valence-corrected chi connectivity index (χ3v) is 3.95. The molecule has 1 amide bonds. The molecule has 0 fully saturated rings. The number of carbonyl (C=O) groups is 1. The predicted molar refractivity (Wildman–Crippen MR) is 98.0 cm³/mol. The molecule has 0 radical (unpaired) electrons. The van der Waals surface area contributed by atoms with Crippen molar-refractivity contribution in [1.29, 1.82) is 0 Å². The molecule has 1 N–H and O–H groups in total. The number of carbonyl (C=O) groups excluding carboxylic acids is 1. The van der Waals surface area contributed by atoms with E-state index in [4.69, 9.17) is 0 Å². The van der Waals surface area contributed by atoms with E-state index in [2.05, 4.69) is 41.6 Å². The number of hydrazone groups is 1. The molecule has 0 aliphatic rings. The zero-order chi connectivity index (χ0) is 19.3. The zero-order valence-electron chi connectivity index (χ0n) is 14.7. The second kappa shape index (κ2) is 7.53. The molecule has 4 aromatic rings. The van der Waals surface area contributed by atoms with Crippen molar-refractivity contribution >= 4 is 11.6 Å². The third-order valence-electron chi connectivity index (χ3n) is 3.95. The molecule has 138 valence electrons. The monoisotopic (exact) mass is 374 g/mol. The summed E-state index contributed by atoms with van der Waals surface area (Å²) in [6.07, 6.45) is 2.98. The first-order chi connectivity index (χ1) is 13.7. The van der Waals surface area contributed by atoms with Gasteiger partial charge < -0.3 is 0 Å². The normalized spacial score (nSPS) is 11.4. The van der Waals surface area contributed by atoms with E-state index in [0.29, 0.717) is 11.3 Å². The van der Waals surface area contributed by atoms with Crippen LogP contribution in [0.15, 0.2) is 66.3 Å². The highest BCUT2D eigenvalue weighted by molar-refractivity contribution is 6.01. The summed E-state index contributed by atoms with van der Waals surface area (Å²) < 4.78 is 3.04. The minimum atomic E-state index is -0.320. The summed E-state index contributed by atoms with van der Waals surface area (Å²) in [4.78, 5) is 12.3. The van der Waals surface area contributed by atoms with Gasteiger partial charge in [-0.25, -0.2) is 14.8 Å². The molecule has 0 aliphatic carbocycles. The first-order valence-electron chi connectivity index (χ1n) is 8.22. The second-order valence-corrected chi connectivity index (χ2v) is 5.74. The molecule has 2 heterocycles. The summed E-state index contributed by atoms with van der Waals surface area (Å²) in [6.45, 7) is 1.81. The fourth-order valence-electron chi connectivity index (χ4n) is 2.46. The largest absolute Gasteiger partial charge is 0.271 e. The van der Waals surface area contributed by atoms with Crippen LogP contribution >= 0.6 is 0 Å². The molecule has 11 heteroatoms. The van der Waals surface area contributed by atoms with Gasteiger partial charge in [-0.05, 0) is 69.7 Å². The Hall–Kier alpha value is -4.28. The fourth-order valence-corrected chi connectivity index (χ4v) is 2.46. The minimum absolute atomic E-state index is 0.320. The molecule has 11 nitrogen and oxygen atoms in total. The van der Waals surface area contributed by atoms with Gasteiger partial charge in [0.2, 0.25) is 0 Å². The smallest absolute Gasteiger partial charge is 0.267 e. The average Bonchev–Trinajstić information content (AvgIpc) is 3.46. The fraction of sp³-hybridized carbons (Fsp3) is 0.0588. The highest BCUT2D eigenvalue weighted by Gasteiger charge is 2.07. The van der Waals surface area contributed by atoms with Crippen LogP contribution < -0.4 is 5.43 Å². The van der Waals surface area contributed by atoms with Crippen LogP contribution in [0.25, 0.3) is 11.4 Å². The topological polar surface area (TPSA) is 129 Å². The Morgan fingerprint density at radius 2 is 1.57 bits per heavy atom. The van der Waals surface area contributed by atoms with E-state index in [9.17, 15) is 4.79 Å². The van der Waals surface area contributed by atoms with Gasteiger partial charge in [-0.15, -0.1) is 10.2 Å². The van der Waals surface area contributed by atoms with Gasteiger partial charge in [0.1, 0.15) is 12.7 Å². The average molecular weight is 374 g/mol. The number of nitrogens with one attached hydrogen (secondary N) is 1. The molecule has 0 unspecified atom stereocenters. The molecule has 4 rings (SSSR count). The molecule has 2 aromatic heterocycles. The van der Waals surface area contributed by atoms with Gasteiger partial charge in [0.15, 0.2) is 0 Å². The lowest BCUT2D eigenvalue weighted by Crippen LogP contribution is -2.19. The van der Waals surface area contributed by atoms with E-state index in [0.717, 1.165) is 16.9 Å². The Morgan fingerprint density at radius 3 is 2.21 bits per heavy atom. The van der Waals surface area contributed by atoms with Crippen LogP contribution in [0.1, 0.15) is 22.8 Å². The molecule has 0 atom stereocenters. The number of hydrogen-bond donors (Lipinski definition) is 1. The maximum absolute atomic E-state index is 12.3. The van der Waals surface area contributed by atoms with E-state index < -0.39 is 0 Å². The second-order valence-electron chi connectivity index (χ2n) is 5.74. The summed E-state index contributed by atoms with van der Waals surface area (Å²) >= 11 is 0. The van der Waals surface area contributed by atoms with Gasteiger partial charge in [-0.1, -0.05) is 12.1 Å². The van der Waals surface area contributed by atoms with E-state index >= 15 is 0 Å². The van der Waals surface area contributed by atoms with Crippen LogP contribution in [0.2, 0.25) is 0 Å². The lowest BCUT2D eigenvalue weighted by molar-refractivity contribution is 0.0955. The Morgan fingerprint density at radius 1 is 0.893 bits per heavy atom. The number of nitrogens with zero attached hydrogens (tertiary/aromatic N) is 9. The molecule has 0 saturated carbocycles. The number of hydrogen-bond acceptors (Lipinski definition) is 8. The van der Waals surface area contributed by atoms with Crippen molar-refractivity contribution in [3.05, 3.63) is 72.3 Å². The molecule has 2 aromatic carbocycles. The van der Waals surface area contributed by atoms with Crippen LogP contribution in [0.4, 0.5) is 0 Å². The number of benzene rings is 2. The van der Waals surface area contributed by atoms with Gasteiger partial charge in [-0.2, -0.15) is 5.10 Å². The first kappa shape index (κ1) is 17.1. The Bertz CT molecular complexity index is 1100. The van der Waals surface area contributed by atoms with Crippen LogP contribution in [-0.2, 0) is 0 Å². The maximum atomic E-state index is 12.3.